The van der Waals surface area contributed by atoms with Crippen LogP contribution < -0.4 is 0 Å². The molecule has 1 fully saturated rings. The average molecular weight is 258 g/mol. The van der Waals surface area contributed by atoms with Crippen LogP contribution in [0.3, 0.4) is 0 Å². The summed E-state index contributed by atoms with van der Waals surface area (Å²) in [6.07, 6.45) is 4.26. The number of piperidine rings is 1. The molecule has 0 bridgehead atoms. The predicted octanol–water partition coefficient (Wildman–Crippen LogP) is 2.68. The van der Waals surface area contributed by atoms with Crippen molar-refractivity contribution >= 4 is 0 Å². The zero-order chi connectivity index (χ0) is 13.7. The van der Waals surface area contributed by atoms with E-state index in [4.69, 9.17) is 5.26 Å². The number of aliphatic hydroxyl groups excluding tert-OH is 1. The Hall–Kier alpha value is -1.37. The van der Waals surface area contributed by atoms with Gasteiger partial charge in [-0.15, -0.1) is 0 Å². The van der Waals surface area contributed by atoms with Crippen LogP contribution in [0.4, 0.5) is 0 Å². The highest BCUT2D eigenvalue weighted by Crippen LogP contribution is 2.23. The molecule has 2 rings (SSSR count). The number of aliphatic hydroxyl groups is 1. The number of hydrogen-bond donors (Lipinski definition) is 1. The van der Waals surface area contributed by atoms with E-state index in [9.17, 15) is 5.11 Å². The lowest BCUT2D eigenvalue weighted by Crippen LogP contribution is -2.40. The average Bonchev–Trinajstić information content (AvgIpc) is 2.41. The first-order valence-corrected chi connectivity index (χ1v) is 7.10. The lowest BCUT2D eigenvalue weighted by molar-refractivity contribution is 0.0818. The Balaban J connectivity index is 2.04. The van der Waals surface area contributed by atoms with Gasteiger partial charge in [-0.1, -0.05) is 18.6 Å². The van der Waals surface area contributed by atoms with Gasteiger partial charge in [0.1, 0.15) is 0 Å². The highest BCUT2D eigenvalue weighted by Gasteiger charge is 2.23. The van der Waals surface area contributed by atoms with Gasteiger partial charge in [-0.3, -0.25) is 4.90 Å². The van der Waals surface area contributed by atoms with Crippen LogP contribution >= 0.6 is 0 Å². The maximum atomic E-state index is 9.60. The van der Waals surface area contributed by atoms with Crippen molar-refractivity contribution in [1.82, 2.24) is 4.90 Å². The molecule has 0 radical (unpaired) electrons. The molecular weight excluding hydrogens is 236 g/mol. The number of likely N-dealkylation sites (tertiary alicyclic amines) is 1. The zero-order valence-corrected chi connectivity index (χ0v) is 11.5. The topological polar surface area (TPSA) is 47.3 Å². The van der Waals surface area contributed by atoms with Crippen LogP contribution in [0.25, 0.3) is 0 Å². The second-order valence-electron chi connectivity index (χ2n) is 5.52. The fourth-order valence-corrected chi connectivity index (χ4v) is 2.90. The van der Waals surface area contributed by atoms with Gasteiger partial charge in [0, 0.05) is 12.6 Å². The molecule has 1 saturated heterocycles. The second-order valence-corrected chi connectivity index (χ2v) is 5.52. The van der Waals surface area contributed by atoms with E-state index < -0.39 is 0 Å². The number of nitriles is 1. The summed E-state index contributed by atoms with van der Waals surface area (Å²) >= 11 is 0. The van der Waals surface area contributed by atoms with E-state index in [1.807, 2.05) is 25.1 Å². The van der Waals surface area contributed by atoms with Crippen molar-refractivity contribution in [2.45, 2.75) is 51.3 Å². The maximum Gasteiger partial charge on any atom is 0.0991 e. The third-order valence-corrected chi connectivity index (χ3v) is 3.80. The molecule has 3 heteroatoms. The highest BCUT2D eigenvalue weighted by atomic mass is 16.3. The maximum absolute atomic E-state index is 9.60. The molecule has 1 aliphatic heterocycles. The Labute approximate surface area is 115 Å². The summed E-state index contributed by atoms with van der Waals surface area (Å²) in [7, 11) is 0. The number of benzene rings is 1. The van der Waals surface area contributed by atoms with Crippen LogP contribution in [0.1, 0.15) is 43.7 Å². The Morgan fingerprint density at radius 3 is 3.05 bits per heavy atom. The molecular formula is C16H22N2O. The van der Waals surface area contributed by atoms with Gasteiger partial charge in [0.05, 0.1) is 17.7 Å². The minimum Gasteiger partial charge on any atom is -0.393 e. The van der Waals surface area contributed by atoms with Gasteiger partial charge in [0.15, 0.2) is 0 Å². The number of rotatable bonds is 4. The van der Waals surface area contributed by atoms with Gasteiger partial charge in [-0.25, -0.2) is 0 Å². The van der Waals surface area contributed by atoms with Crippen LogP contribution in [0.15, 0.2) is 24.3 Å². The molecule has 0 spiro atoms. The molecule has 3 nitrogen and oxygen atoms in total. The normalized spacial score (nSPS) is 21.8. The minimum absolute atomic E-state index is 0.240. The van der Waals surface area contributed by atoms with E-state index in [2.05, 4.69) is 17.0 Å². The van der Waals surface area contributed by atoms with Gasteiger partial charge >= 0.3 is 0 Å². The van der Waals surface area contributed by atoms with E-state index in [1.54, 1.807) is 0 Å². The fraction of sp³-hybridized carbons (Fsp3) is 0.562. The Bertz CT molecular complexity index is 450. The quantitative estimate of drug-likeness (QED) is 0.903. The van der Waals surface area contributed by atoms with Gasteiger partial charge in [-0.2, -0.15) is 5.26 Å². The van der Waals surface area contributed by atoms with Crippen molar-refractivity contribution in [3.05, 3.63) is 35.4 Å². The summed E-state index contributed by atoms with van der Waals surface area (Å²) in [5.74, 6) is 0. The first kappa shape index (κ1) is 14.0. The van der Waals surface area contributed by atoms with Gasteiger partial charge in [0.2, 0.25) is 0 Å². The molecule has 0 saturated carbocycles. The number of nitrogens with zero attached hydrogens (tertiary/aromatic N) is 2. The Morgan fingerprint density at radius 1 is 1.47 bits per heavy atom. The molecule has 0 aliphatic carbocycles. The third-order valence-electron chi connectivity index (χ3n) is 3.80. The molecule has 102 valence electrons. The SMILES string of the molecule is CC(O)CC1CCCCN1Cc1cccc(C#N)c1. The molecule has 1 aromatic rings. The lowest BCUT2D eigenvalue weighted by Gasteiger charge is -2.36. The molecule has 2 unspecified atom stereocenters. The second kappa shape index (κ2) is 6.70. The highest BCUT2D eigenvalue weighted by molar-refractivity contribution is 5.32. The van der Waals surface area contributed by atoms with Gasteiger partial charge in [0.25, 0.3) is 0 Å². The first-order valence-electron chi connectivity index (χ1n) is 7.10. The molecule has 0 amide bonds. The van der Waals surface area contributed by atoms with Gasteiger partial charge in [-0.05, 0) is 50.4 Å². The number of hydrogen-bond acceptors (Lipinski definition) is 3. The van der Waals surface area contributed by atoms with E-state index in [1.165, 1.54) is 24.8 Å². The summed E-state index contributed by atoms with van der Waals surface area (Å²) in [4.78, 5) is 2.45. The standard InChI is InChI=1S/C16H22N2O/c1-13(19)9-16-7-2-3-8-18(16)12-15-6-4-5-14(10-15)11-17/h4-6,10,13,16,19H,2-3,7-9,12H2,1H3. The van der Waals surface area contributed by atoms with Crippen molar-refractivity contribution in [2.24, 2.45) is 0 Å². The third kappa shape index (κ3) is 4.05. The summed E-state index contributed by atoms with van der Waals surface area (Å²) in [5, 5.41) is 18.5. The predicted molar refractivity (Wildman–Crippen MR) is 75.5 cm³/mol. The minimum atomic E-state index is -0.240. The molecule has 2 atom stereocenters. The van der Waals surface area contributed by atoms with Crippen molar-refractivity contribution in [1.29, 1.82) is 5.26 Å². The van der Waals surface area contributed by atoms with E-state index in [-0.39, 0.29) is 6.10 Å². The molecule has 1 aromatic carbocycles. The Kier molecular flexibility index (Phi) is 4.95. The summed E-state index contributed by atoms with van der Waals surface area (Å²) in [6, 6.07) is 10.5. The van der Waals surface area contributed by atoms with Crippen LogP contribution in [0.5, 0.6) is 0 Å². The van der Waals surface area contributed by atoms with Crippen LogP contribution in [-0.2, 0) is 6.54 Å². The largest absolute Gasteiger partial charge is 0.393 e. The van der Waals surface area contributed by atoms with Crippen molar-refractivity contribution in [2.75, 3.05) is 6.54 Å². The monoisotopic (exact) mass is 258 g/mol. The van der Waals surface area contributed by atoms with Crippen molar-refractivity contribution < 1.29 is 5.11 Å². The lowest BCUT2D eigenvalue weighted by atomic mass is 9.96. The first-order chi connectivity index (χ1) is 9.19. The van der Waals surface area contributed by atoms with E-state index in [0.29, 0.717) is 6.04 Å². The van der Waals surface area contributed by atoms with Crippen molar-refractivity contribution in [3.8, 4) is 6.07 Å². The Morgan fingerprint density at radius 2 is 2.32 bits per heavy atom. The summed E-state index contributed by atoms with van der Waals surface area (Å²) in [5.41, 5.74) is 1.91. The molecule has 0 aromatic heterocycles. The van der Waals surface area contributed by atoms with E-state index >= 15 is 0 Å². The van der Waals surface area contributed by atoms with Crippen LogP contribution in [-0.4, -0.2) is 28.7 Å². The molecule has 19 heavy (non-hydrogen) atoms. The zero-order valence-electron chi connectivity index (χ0n) is 11.5. The summed E-state index contributed by atoms with van der Waals surface area (Å²) < 4.78 is 0. The summed E-state index contributed by atoms with van der Waals surface area (Å²) in [6.45, 7) is 3.84. The molecule has 1 heterocycles. The van der Waals surface area contributed by atoms with E-state index in [0.717, 1.165) is 25.1 Å². The van der Waals surface area contributed by atoms with Gasteiger partial charge < -0.3 is 5.11 Å². The molecule has 1 aliphatic rings. The molecule has 1 N–H and O–H groups in total. The van der Waals surface area contributed by atoms with Crippen LogP contribution in [0, 0.1) is 11.3 Å². The van der Waals surface area contributed by atoms with Crippen molar-refractivity contribution in [3.63, 3.8) is 0 Å². The smallest absolute Gasteiger partial charge is 0.0991 e. The van der Waals surface area contributed by atoms with Crippen LogP contribution in [0.2, 0.25) is 0 Å². The fourth-order valence-electron chi connectivity index (χ4n) is 2.90.